The average molecular weight is 618 g/mol. The lowest BCUT2D eigenvalue weighted by Crippen LogP contribution is -2.52. The first-order valence-corrected chi connectivity index (χ1v) is 16.4. The zero-order chi connectivity index (χ0) is 30.6. The third-order valence-electron chi connectivity index (χ3n) is 8.00. The normalized spacial score (nSPS) is 14.8. The van der Waals surface area contributed by atoms with Gasteiger partial charge in [0.25, 0.3) is 10.0 Å². The molecule has 7 nitrogen and oxygen atoms in total. The molecule has 0 saturated carbocycles. The van der Waals surface area contributed by atoms with Crippen molar-refractivity contribution in [1.29, 1.82) is 0 Å². The lowest BCUT2D eigenvalue weighted by atomic mass is 10.0. The Labute approximate surface area is 258 Å². The average Bonchev–Trinajstić information content (AvgIpc) is 3.23. The molecule has 1 N–H and O–H groups in total. The Balaban J connectivity index is 1.41. The standard InChI is InChI=1S/C34H36ClN3O4S/c1-3-24(2)36-34(40)30(22-25-12-5-4-6-13-25)37(23-27-14-7-8-17-28(27)35)32(39)20-11-21-38-29-18-9-15-26-16-10-19-31(33(26)29)43(38,41)42/h4-10,12-19,24,30H,3,11,20-23H2,1-2H3,(H,36,40)/t24-,30-/m0/s1. The summed E-state index contributed by atoms with van der Waals surface area (Å²) < 4.78 is 28.3. The molecule has 224 valence electrons. The smallest absolute Gasteiger partial charge is 0.265 e. The SMILES string of the molecule is CC[C@H](C)NC(=O)[C@H](Cc1ccccc1)N(Cc1ccccc1Cl)C(=O)CCCN1c2cccc3cccc(c23)S1(=O)=O. The third-order valence-corrected chi connectivity index (χ3v) is 10.2. The van der Waals surface area contributed by atoms with Gasteiger partial charge in [-0.15, -0.1) is 0 Å². The molecule has 2 amide bonds. The minimum absolute atomic E-state index is 0.0602. The van der Waals surface area contributed by atoms with Crippen molar-refractivity contribution in [2.75, 3.05) is 10.8 Å². The van der Waals surface area contributed by atoms with Crippen molar-refractivity contribution in [2.24, 2.45) is 0 Å². The second kappa shape index (κ2) is 13.2. The Hall–Kier alpha value is -3.88. The van der Waals surface area contributed by atoms with Crippen LogP contribution >= 0.6 is 11.6 Å². The molecule has 1 aliphatic heterocycles. The number of amides is 2. The van der Waals surface area contributed by atoms with Crippen molar-refractivity contribution >= 4 is 49.9 Å². The molecular weight excluding hydrogens is 582 g/mol. The number of halogens is 1. The zero-order valence-electron chi connectivity index (χ0n) is 24.4. The summed E-state index contributed by atoms with van der Waals surface area (Å²) in [6, 6.07) is 26.9. The zero-order valence-corrected chi connectivity index (χ0v) is 25.9. The third kappa shape index (κ3) is 6.55. The van der Waals surface area contributed by atoms with Gasteiger partial charge in [-0.05, 0) is 54.5 Å². The van der Waals surface area contributed by atoms with E-state index < -0.39 is 16.1 Å². The Morgan fingerprint density at radius 3 is 2.35 bits per heavy atom. The van der Waals surface area contributed by atoms with E-state index in [2.05, 4.69) is 5.32 Å². The van der Waals surface area contributed by atoms with Crippen LogP contribution in [0.2, 0.25) is 5.02 Å². The predicted octanol–water partition coefficient (Wildman–Crippen LogP) is 6.34. The highest BCUT2D eigenvalue weighted by Gasteiger charge is 2.36. The maximum Gasteiger partial charge on any atom is 0.265 e. The summed E-state index contributed by atoms with van der Waals surface area (Å²) in [5.41, 5.74) is 2.29. The number of hydrogen-bond acceptors (Lipinski definition) is 4. The van der Waals surface area contributed by atoms with Gasteiger partial charge < -0.3 is 10.2 Å². The van der Waals surface area contributed by atoms with Crippen LogP contribution in [0.4, 0.5) is 5.69 Å². The molecule has 0 saturated heterocycles. The quantitative estimate of drug-likeness (QED) is 0.201. The van der Waals surface area contributed by atoms with E-state index in [4.69, 9.17) is 11.6 Å². The summed E-state index contributed by atoms with van der Waals surface area (Å²) in [6.07, 6.45) is 1.43. The maximum atomic E-state index is 14.0. The van der Waals surface area contributed by atoms with Gasteiger partial charge in [-0.3, -0.25) is 13.9 Å². The number of carbonyl (C=O) groups excluding carboxylic acids is 2. The molecule has 43 heavy (non-hydrogen) atoms. The fraction of sp³-hybridized carbons (Fsp3) is 0.294. The predicted molar refractivity (Wildman–Crippen MR) is 172 cm³/mol. The number of anilines is 1. The van der Waals surface area contributed by atoms with E-state index in [1.807, 2.05) is 80.6 Å². The van der Waals surface area contributed by atoms with E-state index in [0.717, 1.165) is 22.9 Å². The first-order valence-electron chi connectivity index (χ1n) is 14.6. The van der Waals surface area contributed by atoms with Gasteiger partial charge in [0, 0.05) is 42.4 Å². The molecule has 0 aromatic heterocycles. The first-order chi connectivity index (χ1) is 20.7. The van der Waals surface area contributed by atoms with Crippen LogP contribution in [0.5, 0.6) is 0 Å². The highest BCUT2D eigenvalue weighted by atomic mass is 35.5. The monoisotopic (exact) mass is 617 g/mol. The molecule has 1 aliphatic rings. The number of carbonyl (C=O) groups is 2. The van der Waals surface area contributed by atoms with Crippen LogP contribution in [0, 0.1) is 0 Å². The minimum atomic E-state index is -3.73. The van der Waals surface area contributed by atoms with Crippen LogP contribution in [-0.2, 0) is 32.6 Å². The van der Waals surface area contributed by atoms with E-state index in [1.54, 1.807) is 29.2 Å². The van der Waals surface area contributed by atoms with Gasteiger partial charge >= 0.3 is 0 Å². The summed E-state index contributed by atoms with van der Waals surface area (Å²) in [6.45, 7) is 4.22. The van der Waals surface area contributed by atoms with Crippen molar-refractivity contribution in [2.45, 2.75) is 63.1 Å². The lowest BCUT2D eigenvalue weighted by molar-refractivity contribution is -0.141. The molecule has 1 heterocycles. The number of benzene rings is 4. The van der Waals surface area contributed by atoms with Gasteiger partial charge in [0.05, 0.1) is 10.6 Å². The summed E-state index contributed by atoms with van der Waals surface area (Å²) >= 11 is 6.52. The van der Waals surface area contributed by atoms with Crippen molar-refractivity contribution in [3.05, 3.63) is 107 Å². The van der Waals surface area contributed by atoms with Crippen molar-refractivity contribution in [3.8, 4) is 0 Å². The van der Waals surface area contributed by atoms with E-state index >= 15 is 0 Å². The summed E-state index contributed by atoms with van der Waals surface area (Å²) in [5, 5.41) is 5.14. The van der Waals surface area contributed by atoms with Crippen LogP contribution in [-0.4, -0.2) is 43.8 Å². The molecule has 4 aromatic rings. The molecule has 0 fully saturated rings. The lowest BCUT2D eigenvalue weighted by Gasteiger charge is -2.33. The van der Waals surface area contributed by atoms with Crippen LogP contribution in [0.25, 0.3) is 10.8 Å². The molecule has 0 radical (unpaired) electrons. The second-order valence-electron chi connectivity index (χ2n) is 10.9. The molecule has 2 atom stereocenters. The minimum Gasteiger partial charge on any atom is -0.352 e. The van der Waals surface area contributed by atoms with Gasteiger partial charge in [-0.2, -0.15) is 0 Å². The number of nitrogens with one attached hydrogen (secondary N) is 1. The topological polar surface area (TPSA) is 86.8 Å². The summed E-state index contributed by atoms with van der Waals surface area (Å²) in [5.74, 6) is -0.477. The first kappa shape index (κ1) is 30.6. The molecule has 9 heteroatoms. The van der Waals surface area contributed by atoms with Gasteiger partial charge in [-0.25, -0.2) is 8.42 Å². The number of nitrogens with zero attached hydrogens (tertiary/aromatic N) is 2. The van der Waals surface area contributed by atoms with Crippen LogP contribution < -0.4 is 9.62 Å². The van der Waals surface area contributed by atoms with Crippen LogP contribution in [0.3, 0.4) is 0 Å². The van der Waals surface area contributed by atoms with Crippen molar-refractivity contribution in [1.82, 2.24) is 10.2 Å². The Bertz CT molecular complexity index is 1720. The Kier molecular flexibility index (Phi) is 9.37. The van der Waals surface area contributed by atoms with E-state index in [0.29, 0.717) is 22.5 Å². The van der Waals surface area contributed by atoms with Gasteiger partial charge in [0.1, 0.15) is 6.04 Å². The second-order valence-corrected chi connectivity index (χ2v) is 13.2. The molecule has 0 aliphatic carbocycles. The fourth-order valence-corrected chi connectivity index (χ4v) is 7.47. The van der Waals surface area contributed by atoms with E-state index in [9.17, 15) is 18.0 Å². The largest absolute Gasteiger partial charge is 0.352 e. The van der Waals surface area contributed by atoms with Crippen LogP contribution in [0.1, 0.15) is 44.2 Å². The van der Waals surface area contributed by atoms with E-state index in [1.165, 1.54) is 4.31 Å². The molecule has 5 rings (SSSR count). The summed E-state index contributed by atoms with van der Waals surface area (Å²) in [7, 11) is -3.73. The van der Waals surface area contributed by atoms with Gasteiger partial charge in [-0.1, -0.05) is 91.3 Å². The van der Waals surface area contributed by atoms with Crippen molar-refractivity contribution in [3.63, 3.8) is 0 Å². The van der Waals surface area contributed by atoms with Crippen LogP contribution in [0.15, 0.2) is 95.9 Å². The molecule has 4 aromatic carbocycles. The highest BCUT2D eigenvalue weighted by Crippen LogP contribution is 2.42. The van der Waals surface area contributed by atoms with Gasteiger partial charge in [0.15, 0.2) is 0 Å². The number of hydrogen-bond donors (Lipinski definition) is 1. The van der Waals surface area contributed by atoms with Crippen molar-refractivity contribution < 1.29 is 18.0 Å². The molecular formula is C34H36ClN3O4S. The number of rotatable bonds is 12. The number of sulfonamides is 1. The molecule has 0 spiro atoms. The molecule has 0 unspecified atom stereocenters. The molecule has 0 bridgehead atoms. The maximum absolute atomic E-state index is 14.0. The fourth-order valence-electron chi connectivity index (χ4n) is 5.52. The Morgan fingerprint density at radius 1 is 0.930 bits per heavy atom. The summed E-state index contributed by atoms with van der Waals surface area (Å²) in [4.78, 5) is 29.6. The Morgan fingerprint density at radius 2 is 1.63 bits per heavy atom. The highest BCUT2D eigenvalue weighted by molar-refractivity contribution is 7.93. The van der Waals surface area contributed by atoms with E-state index in [-0.39, 0.29) is 48.7 Å². The van der Waals surface area contributed by atoms with Gasteiger partial charge in [0.2, 0.25) is 11.8 Å².